The first-order chi connectivity index (χ1) is 15.2. The first-order valence-electron chi connectivity index (χ1n) is 9.65. The number of aryl methyl sites for hydroxylation is 1. The third kappa shape index (κ3) is 4.89. The number of aromatic hydroxyl groups is 1. The zero-order chi connectivity index (χ0) is 23.3. The number of phenolic OH excluding ortho intramolecular Hbond substituents is 1. The summed E-state index contributed by atoms with van der Waals surface area (Å²) in [6.07, 6.45) is 1.09. The fourth-order valence-corrected chi connectivity index (χ4v) is 4.39. The quantitative estimate of drug-likeness (QED) is 0.208. The molecule has 0 spiro atoms. The van der Waals surface area contributed by atoms with E-state index < -0.39 is 21.9 Å². The second-order valence-corrected chi connectivity index (χ2v) is 8.52. The van der Waals surface area contributed by atoms with Crippen LogP contribution in [0.2, 0.25) is 0 Å². The maximum Gasteiger partial charge on any atom is 0.339 e. The van der Waals surface area contributed by atoms with Crippen LogP contribution in [0.4, 0.5) is 5.69 Å². The molecule has 0 unspecified atom stereocenters. The molecule has 0 aliphatic rings. The average molecular weight is 455 g/mol. The lowest BCUT2D eigenvalue weighted by Crippen LogP contribution is -2.26. The van der Waals surface area contributed by atoms with Gasteiger partial charge in [-0.1, -0.05) is 43.0 Å². The van der Waals surface area contributed by atoms with E-state index in [1.165, 1.54) is 30.3 Å². The van der Waals surface area contributed by atoms with Gasteiger partial charge in [0, 0.05) is 10.8 Å². The summed E-state index contributed by atoms with van der Waals surface area (Å²) in [7, 11) is -4.17. The van der Waals surface area contributed by atoms with E-state index in [9.17, 15) is 23.1 Å². The molecule has 32 heavy (non-hydrogen) atoms. The van der Waals surface area contributed by atoms with Crippen molar-refractivity contribution in [2.75, 3.05) is 17.9 Å². The monoisotopic (exact) mass is 454 g/mol. The molecule has 3 rings (SSSR count). The summed E-state index contributed by atoms with van der Waals surface area (Å²) >= 11 is 0. The molecule has 3 aromatic rings. The van der Waals surface area contributed by atoms with Crippen molar-refractivity contribution in [3.8, 4) is 5.75 Å². The van der Waals surface area contributed by atoms with Gasteiger partial charge >= 0.3 is 5.97 Å². The molecule has 0 aliphatic carbocycles. The Morgan fingerprint density at radius 2 is 1.75 bits per heavy atom. The minimum Gasteiger partial charge on any atom is -0.507 e. The first kappa shape index (κ1) is 22.8. The van der Waals surface area contributed by atoms with Gasteiger partial charge in [-0.2, -0.15) is 0 Å². The molecular weight excluding hydrogens is 432 g/mol. The van der Waals surface area contributed by atoms with Gasteiger partial charge < -0.3 is 15.2 Å². The third-order valence-corrected chi connectivity index (χ3v) is 6.09. The molecule has 8 nitrogen and oxygen atoms in total. The molecular formula is C23H22N2O6S. The molecule has 0 atom stereocenters. The van der Waals surface area contributed by atoms with Crippen molar-refractivity contribution in [1.82, 2.24) is 5.32 Å². The molecule has 0 heterocycles. The molecule has 0 aliphatic heterocycles. The number of esters is 1. The minimum absolute atomic E-state index is 0.0581. The van der Waals surface area contributed by atoms with Crippen LogP contribution in [0.5, 0.6) is 5.75 Å². The van der Waals surface area contributed by atoms with Crippen LogP contribution in [0, 0.1) is 6.92 Å². The van der Waals surface area contributed by atoms with E-state index >= 15 is 0 Å². The maximum absolute atomic E-state index is 13.2. The Labute approximate surface area is 185 Å². The largest absolute Gasteiger partial charge is 0.507 e. The SMILES string of the molecule is C=CC(=O)NCCOC(=O)c1ccccc1S(=O)(=O)Nc1cc(C)c(O)c2ccccc12. The van der Waals surface area contributed by atoms with Crippen molar-refractivity contribution in [2.45, 2.75) is 11.8 Å². The van der Waals surface area contributed by atoms with Crippen LogP contribution in [0.25, 0.3) is 10.8 Å². The van der Waals surface area contributed by atoms with E-state index in [1.54, 1.807) is 31.2 Å². The molecule has 0 saturated carbocycles. The summed E-state index contributed by atoms with van der Waals surface area (Å²) in [6, 6.07) is 14.0. The van der Waals surface area contributed by atoms with Gasteiger partial charge in [-0.3, -0.25) is 9.52 Å². The van der Waals surface area contributed by atoms with Crippen LogP contribution in [0.3, 0.4) is 0 Å². The molecule has 0 aromatic heterocycles. The summed E-state index contributed by atoms with van der Waals surface area (Å²) in [6.45, 7) is 4.90. The Morgan fingerprint density at radius 1 is 1.09 bits per heavy atom. The van der Waals surface area contributed by atoms with E-state index in [0.717, 1.165) is 6.08 Å². The van der Waals surface area contributed by atoms with E-state index in [1.807, 2.05) is 0 Å². The number of benzene rings is 3. The predicted octanol–water partition coefficient (Wildman–Crippen LogP) is 3.11. The van der Waals surface area contributed by atoms with E-state index in [2.05, 4.69) is 16.6 Å². The van der Waals surface area contributed by atoms with Crippen LogP contribution in [0.15, 0.2) is 72.1 Å². The number of hydrogen-bond donors (Lipinski definition) is 3. The zero-order valence-electron chi connectivity index (χ0n) is 17.3. The predicted molar refractivity (Wildman–Crippen MR) is 121 cm³/mol. The number of nitrogens with one attached hydrogen (secondary N) is 2. The number of carbonyl (C=O) groups is 2. The van der Waals surface area contributed by atoms with Gasteiger partial charge in [-0.15, -0.1) is 0 Å². The number of ether oxygens (including phenoxy) is 1. The number of phenols is 1. The van der Waals surface area contributed by atoms with Gasteiger partial charge in [0.2, 0.25) is 5.91 Å². The highest BCUT2D eigenvalue weighted by Crippen LogP contribution is 2.35. The van der Waals surface area contributed by atoms with Gasteiger partial charge in [-0.25, -0.2) is 13.2 Å². The van der Waals surface area contributed by atoms with Crippen molar-refractivity contribution < 1.29 is 27.9 Å². The summed E-state index contributed by atoms with van der Waals surface area (Å²) in [5.74, 6) is -1.19. The fraction of sp³-hybridized carbons (Fsp3) is 0.130. The third-order valence-electron chi connectivity index (χ3n) is 4.67. The fourth-order valence-electron chi connectivity index (χ4n) is 3.12. The highest BCUT2D eigenvalue weighted by molar-refractivity contribution is 7.92. The zero-order valence-corrected chi connectivity index (χ0v) is 18.1. The molecule has 1 amide bonds. The number of hydrogen-bond acceptors (Lipinski definition) is 6. The number of rotatable bonds is 8. The summed E-state index contributed by atoms with van der Waals surface area (Å²) in [4.78, 5) is 23.4. The normalized spacial score (nSPS) is 11.0. The van der Waals surface area contributed by atoms with Gasteiger partial charge in [0.1, 0.15) is 17.3 Å². The van der Waals surface area contributed by atoms with Crippen LogP contribution >= 0.6 is 0 Å². The van der Waals surface area contributed by atoms with Gasteiger partial charge in [0.15, 0.2) is 0 Å². The molecule has 9 heteroatoms. The topological polar surface area (TPSA) is 122 Å². The highest BCUT2D eigenvalue weighted by Gasteiger charge is 2.24. The van der Waals surface area contributed by atoms with Crippen LogP contribution < -0.4 is 10.0 Å². The van der Waals surface area contributed by atoms with E-state index in [4.69, 9.17) is 4.74 Å². The molecule has 0 bridgehead atoms. The number of fused-ring (bicyclic) bond motifs is 1. The summed E-state index contributed by atoms with van der Waals surface area (Å²) in [5.41, 5.74) is 0.622. The molecule has 0 saturated heterocycles. The second kappa shape index (κ2) is 9.52. The lowest BCUT2D eigenvalue weighted by atomic mass is 10.0. The van der Waals surface area contributed by atoms with Crippen LogP contribution in [-0.4, -0.2) is 38.6 Å². The smallest absolute Gasteiger partial charge is 0.339 e. The second-order valence-electron chi connectivity index (χ2n) is 6.87. The molecule has 3 N–H and O–H groups in total. The van der Waals surface area contributed by atoms with E-state index in [-0.39, 0.29) is 35.0 Å². The molecule has 166 valence electrons. The Bertz CT molecular complexity index is 1300. The van der Waals surface area contributed by atoms with Crippen molar-refractivity contribution in [1.29, 1.82) is 0 Å². The Morgan fingerprint density at radius 3 is 2.47 bits per heavy atom. The Kier molecular flexibility index (Phi) is 6.79. The minimum atomic E-state index is -4.17. The standard InChI is InChI=1S/C23H22N2O6S/c1-3-21(26)24-12-13-31-23(28)18-10-6-7-11-20(18)32(29,30)25-19-14-15(2)22(27)17-9-5-4-8-16(17)19/h3-11,14,25,27H,1,12-13H2,2H3,(H,24,26). The lowest BCUT2D eigenvalue weighted by Gasteiger charge is -2.15. The van der Waals surface area contributed by atoms with Crippen molar-refractivity contribution in [2.24, 2.45) is 0 Å². The molecule has 0 fully saturated rings. The van der Waals surface area contributed by atoms with Gasteiger partial charge in [-0.05, 0) is 36.8 Å². The molecule has 3 aromatic carbocycles. The Balaban J connectivity index is 1.88. The van der Waals surface area contributed by atoms with Crippen molar-refractivity contribution >= 4 is 38.4 Å². The van der Waals surface area contributed by atoms with Gasteiger partial charge in [0.05, 0.1) is 17.8 Å². The number of anilines is 1. The maximum atomic E-state index is 13.2. The first-order valence-corrected chi connectivity index (χ1v) is 11.1. The highest BCUT2D eigenvalue weighted by atomic mass is 32.2. The van der Waals surface area contributed by atoms with Crippen molar-refractivity contribution in [3.05, 3.63) is 78.4 Å². The lowest BCUT2D eigenvalue weighted by molar-refractivity contribution is -0.116. The Hall–Kier alpha value is -3.85. The van der Waals surface area contributed by atoms with Gasteiger partial charge in [0.25, 0.3) is 10.0 Å². The number of sulfonamides is 1. The number of amides is 1. The molecule has 0 radical (unpaired) electrons. The van der Waals surface area contributed by atoms with Crippen LogP contribution in [0.1, 0.15) is 15.9 Å². The van der Waals surface area contributed by atoms with E-state index in [0.29, 0.717) is 16.3 Å². The summed E-state index contributed by atoms with van der Waals surface area (Å²) in [5, 5.41) is 13.8. The summed E-state index contributed by atoms with van der Waals surface area (Å²) < 4.78 is 34.0. The van der Waals surface area contributed by atoms with Crippen LogP contribution in [-0.2, 0) is 19.6 Å². The number of carbonyl (C=O) groups excluding carboxylic acids is 2. The van der Waals surface area contributed by atoms with Crippen molar-refractivity contribution in [3.63, 3.8) is 0 Å². The average Bonchev–Trinajstić information content (AvgIpc) is 2.79.